The predicted molar refractivity (Wildman–Crippen MR) is 124 cm³/mol. The van der Waals surface area contributed by atoms with E-state index < -0.39 is 11.4 Å². The first-order chi connectivity index (χ1) is 15.7. The van der Waals surface area contributed by atoms with Crippen molar-refractivity contribution in [2.45, 2.75) is 38.7 Å². The van der Waals surface area contributed by atoms with Crippen LogP contribution in [-0.4, -0.2) is 48.8 Å². The number of carboxylic acid groups (broad SMARTS) is 1. The maximum atomic E-state index is 12.0. The van der Waals surface area contributed by atoms with Gasteiger partial charge >= 0.3 is 5.97 Å². The number of benzene rings is 2. The van der Waals surface area contributed by atoms with Crippen LogP contribution in [0.25, 0.3) is 5.57 Å². The summed E-state index contributed by atoms with van der Waals surface area (Å²) in [4.78, 5) is 14.4. The number of carboxylic acids is 1. The van der Waals surface area contributed by atoms with Crippen molar-refractivity contribution < 1.29 is 19.4 Å². The molecular weight excluding hydrogens is 402 g/mol. The molecule has 0 bridgehead atoms. The molecule has 168 valence electrons. The fraction of sp³-hybridized carbons (Fsp3) is 0.444. The van der Waals surface area contributed by atoms with E-state index in [-0.39, 0.29) is 0 Å². The minimum Gasteiger partial charge on any atom is -0.488 e. The Morgan fingerprint density at radius 1 is 0.969 bits per heavy atom. The van der Waals surface area contributed by atoms with Gasteiger partial charge in [-0.3, -0.25) is 4.79 Å². The normalized spacial score (nSPS) is 20.6. The van der Waals surface area contributed by atoms with Crippen LogP contribution in [0.3, 0.4) is 0 Å². The van der Waals surface area contributed by atoms with Crippen molar-refractivity contribution in [3.8, 4) is 5.75 Å². The van der Waals surface area contributed by atoms with E-state index in [4.69, 9.17) is 9.47 Å². The molecule has 2 aromatic rings. The quantitative estimate of drug-likeness (QED) is 0.754. The molecule has 32 heavy (non-hydrogen) atoms. The number of ether oxygens (including phenoxy) is 2. The lowest BCUT2D eigenvalue weighted by atomic mass is 9.77. The predicted octanol–water partition coefficient (Wildman–Crippen LogP) is 4.75. The molecule has 3 aliphatic rings. The number of aliphatic carboxylic acids is 1. The van der Waals surface area contributed by atoms with Crippen LogP contribution in [0.15, 0.2) is 54.1 Å². The zero-order valence-electron chi connectivity index (χ0n) is 18.5. The SMILES string of the molecule is O=C(O)C1(CCN2CCC(=C3c4ccccc4COc4ccccc43)CC2)CCOCC1. The molecule has 2 fully saturated rings. The first kappa shape index (κ1) is 21.2. The Bertz CT molecular complexity index is 962. The van der Waals surface area contributed by atoms with Gasteiger partial charge in [0.1, 0.15) is 12.4 Å². The van der Waals surface area contributed by atoms with Gasteiger partial charge in [-0.25, -0.2) is 0 Å². The number of fused-ring (bicyclic) bond motifs is 2. The zero-order chi connectivity index (χ0) is 22.0. The van der Waals surface area contributed by atoms with Gasteiger partial charge in [0, 0.05) is 31.9 Å². The Morgan fingerprint density at radius 2 is 1.66 bits per heavy atom. The van der Waals surface area contributed by atoms with Crippen molar-refractivity contribution in [1.29, 1.82) is 0 Å². The molecule has 3 aliphatic heterocycles. The number of carbonyl (C=O) groups is 1. The van der Waals surface area contributed by atoms with Gasteiger partial charge in [-0.2, -0.15) is 0 Å². The molecule has 5 rings (SSSR count). The van der Waals surface area contributed by atoms with E-state index in [1.165, 1.54) is 27.8 Å². The summed E-state index contributed by atoms with van der Waals surface area (Å²) in [5, 5.41) is 9.85. The van der Waals surface area contributed by atoms with Crippen LogP contribution in [0.4, 0.5) is 0 Å². The average Bonchev–Trinajstić information content (AvgIpc) is 3.01. The summed E-state index contributed by atoms with van der Waals surface area (Å²) in [7, 11) is 0. The summed E-state index contributed by atoms with van der Waals surface area (Å²) in [5.41, 5.74) is 5.90. The Balaban J connectivity index is 1.35. The van der Waals surface area contributed by atoms with Gasteiger partial charge in [0.05, 0.1) is 5.41 Å². The molecule has 1 N–H and O–H groups in total. The highest BCUT2D eigenvalue weighted by molar-refractivity contribution is 5.87. The van der Waals surface area contributed by atoms with Gasteiger partial charge in [0.25, 0.3) is 0 Å². The second-order valence-electron chi connectivity index (χ2n) is 9.21. The van der Waals surface area contributed by atoms with Crippen molar-refractivity contribution >= 4 is 11.5 Å². The minimum absolute atomic E-state index is 0.559. The number of para-hydroxylation sites is 1. The number of hydrogen-bond donors (Lipinski definition) is 1. The molecule has 3 heterocycles. The Kier molecular flexibility index (Phi) is 6.03. The third kappa shape index (κ3) is 4.07. The fourth-order valence-corrected chi connectivity index (χ4v) is 5.37. The third-order valence-electron chi connectivity index (χ3n) is 7.45. The Hall–Kier alpha value is -2.63. The number of likely N-dealkylation sites (tertiary alicyclic amines) is 1. The molecule has 2 saturated heterocycles. The first-order valence-corrected chi connectivity index (χ1v) is 11.7. The highest BCUT2D eigenvalue weighted by Gasteiger charge is 2.40. The molecule has 5 nitrogen and oxygen atoms in total. The second-order valence-corrected chi connectivity index (χ2v) is 9.21. The summed E-state index contributed by atoms with van der Waals surface area (Å²) in [6, 6.07) is 16.9. The number of rotatable bonds is 4. The Labute approximate surface area is 189 Å². The van der Waals surface area contributed by atoms with E-state index in [9.17, 15) is 9.90 Å². The van der Waals surface area contributed by atoms with Gasteiger partial charge in [-0.05, 0) is 61.4 Å². The first-order valence-electron chi connectivity index (χ1n) is 11.7. The smallest absolute Gasteiger partial charge is 0.309 e. The van der Waals surface area contributed by atoms with E-state index in [0.717, 1.165) is 38.2 Å². The zero-order valence-corrected chi connectivity index (χ0v) is 18.5. The molecule has 0 amide bonds. The Morgan fingerprint density at radius 3 is 2.41 bits per heavy atom. The summed E-state index contributed by atoms with van der Waals surface area (Å²) in [6.45, 7) is 4.49. The molecule has 0 aliphatic carbocycles. The third-order valence-corrected chi connectivity index (χ3v) is 7.45. The fourth-order valence-electron chi connectivity index (χ4n) is 5.37. The topological polar surface area (TPSA) is 59.0 Å². The summed E-state index contributed by atoms with van der Waals surface area (Å²) in [6.07, 6.45) is 3.96. The molecule has 0 spiro atoms. The summed E-state index contributed by atoms with van der Waals surface area (Å²) < 4.78 is 11.6. The second kappa shape index (κ2) is 9.08. The largest absolute Gasteiger partial charge is 0.488 e. The van der Waals surface area contributed by atoms with Crippen molar-refractivity contribution in [2.24, 2.45) is 5.41 Å². The van der Waals surface area contributed by atoms with Crippen LogP contribution in [0, 0.1) is 5.41 Å². The van der Waals surface area contributed by atoms with Crippen molar-refractivity contribution in [2.75, 3.05) is 32.8 Å². The molecule has 0 saturated carbocycles. The van der Waals surface area contributed by atoms with Gasteiger partial charge in [-0.1, -0.05) is 48.0 Å². The molecule has 0 aromatic heterocycles. The standard InChI is InChI=1S/C27H31NO4/c29-26(30)27(12-17-31-18-13-27)11-16-28-14-9-20(10-15-28)25-22-6-2-1-5-21(22)19-32-24-8-4-3-7-23(24)25/h1-8H,9-19H2,(H,29,30). The van der Waals surface area contributed by atoms with Gasteiger partial charge in [0.2, 0.25) is 0 Å². The van der Waals surface area contributed by atoms with Crippen molar-refractivity contribution in [1.82, 2.24) is 4.90 Å². The highest BCUT2D eigenvalue weighted by atomic mass is 16.5. The van der Waals surface area contributed by atoms with E-state index in [1.807, 2.05) is 6.07 Å². The van der Waals surface area contributed by atoms with E-state index in [2.05, 4.69) is 47.4 Å². The van der Waals surface area contributed by atoms with Crippen LogP contribution >= 0.6 is 0 Å². The van der Waals surface area contributed by atoms with Crippen LogP contribution in [0.5, 0.6) is 5.75 Å². The molecule has 0 unspecified atom stereocenters. The van der Waals surface area contributed by atoms with E-state index in [0.29, 0.717) is 39.1 Å². The molecular formula is C27H31NO4. The molecule has 0 atom stereocenters. The lowest BCUT2D eigenvalue weighted by Crippen LogP contribution is -2.41. The van der Waals surface area contributed by atoms with Crippen LogP contribution in [0.1, 0.15) is 48.8 Å². The lowest BCUT2D eigenvalue weighted by Gasteiger charge is -2.36. The van der Waals surface area contributed by atoms with Gasteiger partial charge < -0.3 is 19.5 Å². The maximum Gasteiger partial charge on any atom is 0.309 e. The van der Waals surface area contributed by atoms with Gasteiger partial charge in [-0.15, -0.1) is 0 Å². The van der Waals surface area contributed by atoms with Gasteiger partial charge in [0.15, 0.2) is 0 Å². The number of piperidine rings is 1. The van der Waals surface area contributed by atoms with E-state index >= 15 is 0 Å². The molecule has 0 radical (unpaired) electrons. The average molecular weight is 434 g/mol. The van der Waals surface area contributed by atoms with Crippen LogP contribution < -0.4 is 4.74 Å². The number of nitrogens with zero attached hydrogens (tertiary/aromatic N) is 1. The maximum absolute atomic E-state index is 12.0. The van der Waals surface area contributed by atoms with Crippen LogP contribution in [-0.2, 0) is 16.1 Å². The molecule has 5 heteroatoms. The lowest BCUT2D eigenvalue weighted by molar-refractivity contribution is -0.155. The minimum atomic E-state index is -0.660. The van der Waals surface area contributed by atoms with Crippen molar-refractivity contribution in [3.63, 3.8) is 0 Å². The number of hydrogen-bond acceptors (Lipinski definition) is 4. The van der Waals surface area contributed by atoms with Crippen LogP contribution in [0.2, 0.25) is 0 Å². The van der Waals surface area contributed by atoms with Crippen molar-refractivity contribution in [3.05, 3.63) is 70.8 Å². The monoisotopic (exact) mass is 433 g/mol. The van der Waals surface area contributed by atoms with E-state index in [1.54, 1.807) is 0 Å². The summed E-state index contributed by atoms with van der Waals surface area (Å²) in [5.74, 6) is 0.295. The highest BCUT2D eigenvalue weighted by Crippen LogP contribution is 2.41. The summed E-state index contributed by atoms with van der Waals surface area (Å²) >= 11 is 0. The molecule has 2 aromatic carbocycles.